The first-order valence-corrected chi connectivity index (χ1v) is 7.91. The molecule has 0 spiro atoms. The lowest BCUT2D eigenvalue weighted by atomic mass is 10.2. The fraction of sp³-hybridized carbons (Fsp3) is 0.462. The van der Waals surface area contributed by atoms with E-state index in [0.29, 0.717) is 12.1 Å². The first-order chi connectivity index (χ1) is 8.93. The van der Waals surface area contributed by atoms with Gasteiger partial charge in [0.25, 0.3) is 0 Å². The molecule has 0 unspecified atom stereocenters. The topological polar surface area (TPSA) is 61.2 Å². The van der Waals surface area contributed by atoms with E-state index < -0.39 is 10.0 Å². The van der Waals surface area contributed by atoms with Crippen molar-refractivity contribution in [1.82, 2.24) is 4.31 Å². The van der Waals surface area contributed by atoms with E-state index in [0.717, 1.165) is 19.3 Å². The van der Waals surface area contributed by atoms with Crippen LogP contribution in [0.3, 0.4) is 0 Å². The van der Waals surface area contributed by atoms with Crippen molar-refractivity contribution in [3.63, 3.8) is 0 Å². The molecule has 0 amide bonds. The summed E-state index contributed by atoms with van der Waals surface area (Å²) < 4.78 is 25.9. The minimum atomic E-state index is -3.58. The monoisotopic (exact) mass is 300 g/mol. The molecule has 0 fully saturated rings. The third-order valence-corrected chi connectivity index (χ3v) is 5.17. The van der Waals surface area contributed by atoms with E-state index >= 15 is 0 Å². The third kappa shape index (κ3) is 3.93. The fourth-order valence-corrected chi connectivity index (χ4v) is 3.38. The quantitative estimate of drug-likeness (QED) is 0.759. The molecule has 1 aromatic carbocycles. The predicted octanol–water partition coefficient (Wildman–Crippen LogP) is 3.02. The van der Waals surface area contributed by atoms with Crippen molar-refractivity contribution < 1.29 is 8.42 Å². The van der Waals surface area contributed by atoms with Crippen molar-refractivity contribution in [3.8, 4) is 6.07 Å². The minimum absolute atomic E-state index is 0.0483. The van der Waals surface area contributed by atoms with Crippen LogP contribution in [0.2, 0.25) is 5.02 Å². The normalized spacial score (nSPS) is 11.5. The van der Waals surface area contributed by atoms with Crippen LogP contribution in [0.5, 0.6) is 0 Å². The molecule has 0 heterocycles. The van der Waals surface area contributed by atoms with E-state index in [2.05, 4.69) is 6.92 Å². The summed E-state index contributed by atoms with van der Waals surface area (Å²) >= 11 is 5.94. The van der Waals surface area contributed by atoms with Crippen LogP contribution in [0.1, 0.15) is 31.7 Å². The molecule has 0 radical (unpaired) electrons. The minimum Gasteiger partial charge on any atom is -0.207 e. The summed E-state index contributed by atoms with van der Waals surface area (Å²) in [5.41, 5.74) is 0.345. The van der Waals surface area contributed by atoms with Gasteiger partial charge in [0.2, 0.25) is 10.0 Å². The Balaban J connectivity index is 2.97. The first kappa shape index (κ1) is 16.0. The fourth-order valence-electron chi connectivity index (χ4n) is 1.65. The van der Waals surface area contributed by atoms with Gasteiger partial charge in [-0.25, -0.2) is 12.7 Å². The highest BCUT2D eigenvalue weighted by Crippen LogP contribution is 2.25. The van der Waals surface area contributed by atoms with Gasteiger partial charge in [0.1, 0.15) is 4.90 Å². The van der Waals surface area contributed by atoms with Crippen LogP contribution in [0.4, 0.5) is 0 Å². The van der Waals surface area contributed by atoms with E-state index in [-0.39, 0.29) is 9.92 Å². The highest BCUT2D eigenvalue weighted by atomic mass is 35.5. The number of nitrogens with zero attached hydrogens (tertiary/aromatic N) is 2. The molecule has 1 aromatic rings. The zero-order valence-corrected chi connectivity index (χ0v) is 12.6. The standard InChI is InChI=1S/C13H17ClN2O2S/c1-3-4-5-8-16(2)19(17,18)13-7-6-11(10-15)9-12(13)14/h6-7,9H,3-5,8H2,1-2H3. The number of nitriles is 1. The maximum Gasteiger partial charge on any atom is 0.244 e. The Bertz CT molecular complexity index is 579. The number of unbranched alkanes of at least 4 members (excludes halogenated alkanes) is 2. The molecule has 0 saturated carbocycles. The second-order valence-electron chi connectivity index (χ2n) is 4.29. The Hall–Kier alpha value is -1.09. The van der Waals surface area contributed by atoms with Crippen LogP contribution >= 0.6 is 11.6 Å². The molecule has 0 aromatic heterocycles. The average molecular weight is 301 g/mol. The number of benzene rings is 1. The number of hydrogen-bond acceptors (Lipinski definition) is 3. The van der Waals surface area contributed by atoms with E-state index in [1.807, 2.05) is 6.07 Å². The van der Waals surface area contributed by atoms with Crippen LogP contribution in [0, 0.1) is 11.3 Å². The predicted molar refractivity (Wildman–Crippen MR) is 75.5 cm³/mol. The van der Waals surface area contributed by atoms with E-state index in [1.54, 1.807) is 7.05 Å². The molecule has 19 heavy (non-hydrogen) atoms. The van der Waals surface area contributed by atoms with Gasteiger partial charge in [-0.15, -0.1) is 0 Å². The molecule has 0 N–H and O–H groups in total. The number of rotatable bonds is 6. The van der Waals surface area contributed by atoms with Crippen LogP contribution < -0.4 is 0 Å². The lowest BCUT2D eigenvalue weighted by molar-refractivity contribution is 0.454. The molecule has 0 bridgehead atoms. The summed E-state index contributed by atoms with van der Waals surface area (Å²) in [6.45, 7) is 2.53. The van der Waals surface area contributed by atoms with Gasteiger partial charge in [-0.1, -0.05) is 31.4 Å². The molecule has 0 aliphatic carbocycles. The van der Waals surface area contributed by atoms with E-state index in [4.69, 9.17) is 16.9 Å². The summed E-state index contributed by atoms with van der Waals surface area (Å²) in [4.78, 5) is 0.0483. The van der Waals surface area contributed by atoms with Crippen molar-refractivity contribution >= 4 is 21.6 Å². The van der Waals surface area contributed by atoms with Crippen LogP contribution in [0.25, 0.3) is 0 Å². The Labute approximate surface area is 119 Å². The molecular weight excluding hydrogens is 284 g/mol. The van der Waals surface area contributed by atoms with E-state index in [9.17, 15) is 8.42 Å². The lowest BCUT2D eigenvalue weighted by Gasteiger charge is -2.17. The molecule has 0 saturated heterocycles. The van der Waals surface area contributed by atoms with Gasteiger partial charge in [-0.3, -0.25) is 0 Å². The van der Waals surface area contributed by atoms with Crippen LogP contribution in [-0.2, 0) is 10.0 Å². The summed E-state index contributed by atoms with van der Waals surface area (Å²) in [6.07, 6.45) is 2.84. The van der Waals surface area contributed by atoms with Gasteiger partial charge >= 0.3 is 0 Å². The summed E-state index contributed by atoms with van der Waals surface area (Å²) in [7, 11) is -2.04. The maximum absolute atomic E-state index is 12.3. The third-order valence-electron chi connectivity index (χ3n) is 2.83. The van der Waals surface area contributed by atoms with Gasteiger partial charge in [0.15, 0.2) is 0 Å². The summed E-state index contributed by atoms with van der Waals surface area (Å²) in [5.74, 6) is 0. The van der Waals surface area contributed by atoms with Gasteiger partial charge in [-0.05, 0) is 24.6 Å². The Kier molecular flexibility index (Phi) is 5.80. The van der Waals surface area contributed by atoms with Crippen molar-refractivity contribution in [2.45, 2.75) is 31.1 Å². The van der Waals surface area contributed by atoms with Gasteiger partial charge < -0.3 is 0 Å². The highest BCUT2D eigenvalue weighted by Gasteiger charge is 2.23. The molecule has 6 heteroatoms. The molecule has 0 aliphatic heterocycles. The zero-order valence-electron chi connectivity index (χ0n) is 11.1. The second kappa shape index (κ2) is 6.90. The first-order valence-electron chi connectivity index (χ1n) is 6.09. The zero-order chi connectivity index (χ0) is 14.5. The Morgan fingerprint density at radius 2 is 2.05 bits per heavy atom. The van der Waals surface area contributed by atoms with E-state index in [1.165, 1.54) is 22.5 Å². The van der Waals surface area contributed by atoms with Crippen molar-refractivity contribution in [1.29, 1.82) is 5.26 Å². The molecule has 0 aliphatic rings. The SMILES string of the molecule is CCCCCN(C)S(=O)(=O)c1ccc(C#N)cc1Cl. The largest absolute Gasteiger partial charge is 0.244 e. The Morgan fingerprint density at radius 3 is 2.58 bits per heavy atom. The smallest absolute Gasteiger partial charge is 0.207 e. The van der Waals surface area contributed by atoms with Gasteiger partial charge in [0.05, 0.1) is 16.7 Å². The lowest BCUT2D eigenvalue weighted by Crippen LogP contribution is -2.28. The van der Waals surface area contributed by atoms with Gasteiger partial charge in [-0.2, -0.15) is 5.26 Å². The van der Waals surface area contributed by atoms with Gasteiger partial charge in [0, 0.05) is 13.6 Å². The molecule has 0 atom stereocenters. The number of hydrogen-bond donors (Lipinski definition) is 0. The van der Waals surface area contributed by atoms with Crippen molar-refractivity contribution in [2.75, 3.05) is 13.6 Å². The van der Waals surface area contributed by atoms with Crippen molar-refractivity contribution in [3.05, 3.63) is 28.8 Å². The second-order valence-corrected chi connectivity index (χ2v) is 6.71. The molecule has 1 rings (SSSR count). The molecule has 4 nitrogen and oxygen atoms in total. The number of sulfonamides is 1. The maximum atomic E-state index is 12.3. The number of halogens is 1. The van der Waals surface area contributed by atoms with Crippen LogP contribution in [0.15, 0.2) is 23.1 Å². The molecule has 104 valence electrons. The summed E-state index contributed by atoms with van der Waals surface area (Å²) in [6, 6.07) is 6.13. The summed E-state index contributed by atoms with van der Waals surface area (Å²) in [5, 5.41) is 8.82. The average Bonchev–Trinajstić information content (AvgIpc) is 2.38. The molecular formula is C13H17ClN2O2S. The van der Waals surface area contributed by atoms with Crippen LogP contribution in [-0.4, -0.2) is 26.3 Å². The van der Waals surface area contributed by atoms with Crippen molar-refractivity contribution in [2.24, 2.45) is 0 Å². The Morgan fingerprint density at radius 1 is 1.37 bits per heavy atom. The highest BCUT2D eigenvalue weighted by molar-refractivity contribution is 7.89.